The first-order valence-corrected chi connectivity index (χ1v) is 7.27. The summed E-state index contributed by atoms with van der Waals surface area (Å²) in [5, 5.41) is 7.13. The summed E-state index contributed by atoms with van der Waals surface area (Å²) in [5.74, 6) is -0.826. The van der Waals surface area contributed by atoms with Gasteiger partial charge in [-0.05, 0) is 18.2 Å². The molecule has 2 rings (SSSR count). The van der Waals surface area contributed by atoms with Crippen LogP contribution in [-0.2, 0) is 17.2 Å². The molecule has 0 spiro atoms. The molecule has 0 saturated heterocycles. The van der Waals surface area contributed by atoms with Gasteiger partial charge in [0.15, 0.2) is 0 Å². The molecule has 0 aliphatic heterocycles. The van der Waals surface area contributed by atoms with Crippen molar-refractivity contribution in [3.05, 3.63) is 47.3 Å². The highest BCUT2D eigenvalue weighted by Gasteiger charge is 2.22. The number of methoxy groups -OCH3 is 1. The van der Waals surface area contributed by atoms with E-state index in [1.807, 2.05) is 20.8 Å². The normalized spacial score (nSPS) is 11.2. The summed E-state index contributed by atoms with van der Waals surface area (Å²) in [6, 6.07) is 8.47. The van der Waals surface area contributed by atoms with Gasteiger partial charge in [-0.25, -0.2) is 4.79 Å². The number of hydrogen-bond acceptors (Lipinski definition) is 4. The van der Waals surface area contributed by atoms with E-state index in [0.717, 1.165) is 5.69 Å². The number of amides is 1. The van der Waals surface area contributed by atoms with E-state index in [2.05, 4.69) is 10.4 Å². The van der Waals surface area contributed by atoms with Gasteiger partial charge in [0.25, 0.3) is 5.91 Å². The van der Waals surface area contributed by atoms with E-state index < -0.39 is 5.97 Å². The zero-order chi connectivity index (χ0) is 17.2. The Kier molecular flexibility index (Phi) is 4.54. The van der Waals surface area contributed by atoms with Crippen molar-refractivity contribution >= 4 is 17.6 Å². The molecule has 1 aromatic carbocycles. The largest absolute Gasteiger partial charge is 0.465 e. The number of esters is 1. The maximum absolute atomic E-state index is 12.5. The first kappa shape index (κ1) is 16.7. The Labute approximate surface area is 135 Å². The number of anilines is 1. The molecular formula is C17H21N3O3. The van der Waals surface area contributed by atoms with Crippen molar-refractivity contribution in [2.75, 3.05) is 12.4 Å². The van der Waals surface area contributed by atoms with Gasteiger partial charge in [-0.3, -0.25) is 9.48 Å². The molecule has 6 heteroatoms. The van der Waals surface area contributed by atoms with Crippen LogP contribution in [0.4, 0.5) is 5.69 Å². The van der Waals surface area contributed by atoms with E-state index in [4.69, 9.17) is 4.74 Å². The molecule has 0 aliphatic carbocycles. The van der Waals surface area contributed by atoms with Crippen LogP contribution in [0.25, 0.3) is 0 Å². The molecule has 0 saturated carbocycles. The Balaban J connectivity index is 2.31. The third-order valence-corrected chi connectivity index (χ3v) is 3.46. The lowest BCUT2D eigenvalue weighted by Gasteiger charge is -2.13. The first-order chi connectivity index (χ1) is 10.7. The number of para-hydroxylation sites is 1. The molecule has 1 amide bonds. The summed E-state index contributed by atoms with van der Waals surface area (Å²) in [6.45, 7) is 6.09. The van der Waals surface area contributed by atoms with E-state index in [9.17, 15) is 9.59 Å². The molecule has 122 valence electrons. The quantitative estimate of drug-likeness (QED) is 0.884. The number of nitrogens with zero attached hydrogens (tertiary/aromatic N) is 2. The van der Waals surface area contributed by atoms with Gasteiger partial charge >= 0.3 is 5.97 Å². The summed E-state index contributed by atoms with van der Waals surface area (Å²) >= 11 is 0. The zero-order valence-electron chi connectivity index (χ0n) is 14.0. The smallest absolute Gasteiger partial charge is 0.339 e. The Bertz CT molecular complexity index is 742. The molecule has 1 aromatic heterocycles. The lowest BCUT2D eigenvalue weighted by atomic mass is 9.92. The topological polar surface area (TPSA) is 73.2 Å². The van der Waals surface area contributed by atoms with Crippen LogP contribution in [0.15, 0.2) is 30.3 Å². The summed E-state index contributed by atoms with van der Waals surface area (Å²) in [4.78, 5) is 24.3. The third kappa shape index (κ3) is 3.59. The lowest BCUT2D eigenvalue weighted by Crippen LogP contribution is -2.18. The second-order valence-electron chi connectivity index (χ2n) is 6.28. The number of hydrogen-bond donors (Lipinski definition) is 1. The van der Waals surface area contributed by atoms with Gasteiger partial charge in [0, 0.05) is 12.5 Å². The van der Waals surface area contributed by atoms with Crippen molar-refractivity contribution in [1.82, 2.24) is 9.78 Å². The van der Waals surface area contributed by atoms with E-state index in [-0.39, 0.29) is 11.3 Å². The van der Waals surface area contributed by atoms with Crippen LogP contribution in [0.5, 0.6) is 0 Å². The third-order valence-electron chi connectivity index (χ3n) is 3.46. The highest BCUT2D eigenvalue weighted by Crippen LogP contribution is 2.22. The molecule has 0 aliphatic rings. The lowest BCUT2D eigenvalue weighted by molar-refractivity contribution is 0.0602. The number of aromatic nitrogens is 2. The number of rotatable bonds is 3. The minimum absolute atomic E-state index is 0.153. The average Bonchev–Trinajstić information content (AvgIpc) is 2.89. The number of aryl methyl sites for hydroxylation is 1. The van der Waals surface area contributed by atoms with Crippen molar-refractivity contribution in [3.63, 3.8) is 0 Å². The Morgan fingerprint density at radius 2 is 1.87 bits per heavy atom. The summed E-state index contributed by atoms with van der Waals surface area (Å²) in [5.41, 5.74) is 1.81. The molecule has 0 radical (unpaired) electrons. The van der Waals surface area contributed by atoms with Crippen LogP contribution in [0.3, 0.4) is 0 Å². The van der Waals surface area contributed by atoms with E-state index in [1.54, 1.807) is 37.4 Å². The number of benzene rings is 1. The number of nitrogens with one attached hydrogen (secondary N) is 1. The monoisotopic (exact) mass is 315 g/mol. The maximum Gasteiger partial charge on any atom is 0.339 e. The van der Waals surface area contributed by atoms with Crippen molar-refractivity contribution < 1.29 is 14.3 Å². The van der Waals surface area contributed by atoms with Gasteiger partial charge in [0.2, 0.25) is 0 Å². The van der Waals surface area contributed by atoms with Crippen LogP contribution >= 0.6 is 0 Å². The minimum Gasteiger partial charge on any atom is -0.465 e. The van der Waals surface area contributed by atoms with Crippen LogP contribution in [-0.4, -0.2) is 28.8 Å². The van der Waals surface area contributed by atoms with Gasteiger partial charge in [0.1, 0.15) is 5.69 Å². The predicted molar refractivity (Wildman–Crippen MR) is 87.6 cm³/mol. The molecule has 1 N–H and O–H groups in total. The average molecular weight is 315 g/mol. The first-order valence-electron chi connectivity index (χ1n) is 7.27. The second kappa shape index (κ2) is 6.24. The van der Waals surface area contributed by atoms with E-state index in [1.165, 1.54) is 11.8 Å². The Morgan fingerprint density at radius 3 is 2.43 bits per heavy atom. The highest BCUT2D eigenvalue weighted by molar-refractivity contribution is 6.07. The van der Waals surface area contributed by atoms with Gasteiger partial charge in [-0.2, -0.15) is 5.10 Å². The fraction of sp³-hybridized carbons (Fsp3) is 0.353. The van der Waals surface area contributed by atoms with Gasteiger partial charge in [0.05, 0.1) is 24.1 Å². The van der Waals surface area contributed by atoms with Crippen molar-refractivity contribution in [1.29, 1.82) is 0 Å². The SMILES string of the molecule is COC(=O)c1ccccc1NC(=O)c1cc(C(C)(C)C)nn1C. The van der Waals surface area contributed by atoms with Crippen LogP contribution in [0.1, 0.15) is 47.3 Å². The molecule has 0 unspecified atom stereocenters. The molecule has 0 atom stereocenters. The van der Waals surface area contributed by atoms with Gasteiger partial charge in [-0.15, -0.1) is 0 Å². The van der Waals surface area contributed by atoms with E-state index in [0.29, 0.717) is 16.9 Å². The van der Waals surface area contributed by atoms with E-state index >= 15 is 0 Å². The Morgan fingerprint density at radius 1 is 1.22 bits per heavy atom. The second-order valence-corrected chi connectivity index (χ2v) is 6.28. The number of carbonyl (C=O) groups is 2. The zero-order valence-corrected chi connectivity index (χ0v) is 14.0. The van der Waals surface area contributed by atoms with Gasteiger partial charge < -0.3 is 10.1 Å². The molecule has 6 nitrogen and oxygen atoms in total. The fourth-order valence-corrected chi connectivity index (χ4v) is 2.11. The molecule has 0 fully saturated rings. The van der Waals surface area contributed by atoms with Crippen molar-refractivity contribution in [3.8, 4) is 0 Å². The van der Waals surface area contributed by atoms with Crippen LogP contribution in [0, 0.1) is 0 Å². The predicted octanol–water partition coefficient (Wildman–Crippen LogP) is 2.76. The highest BCUT2D eigenvalue weighted by atomic mass is 16.5. The van der Waals surface area contributed by atoms with Crippen molar-refractivity contribution in [2.45, 2.75) is 26.2 Å². The maximum atomic E-state index is 12.5. The standard InChI is InChI=1S/C17H21N3O3/c1-17(2,3)14-10-13(20(4)19-14)15(21)18-12-9-7-6-8-11(12)16(22)23-5/h6-10H,1-5H3,(H,18,21). The summed E-state index contributed by atoms with van der Waals surface area (Å²) < 4.78 is 6.27. The van der Waals surface area contributed by atoms with Gasteiger partial charge in [-0.1, -0.05) is 32.9 Å². The van der Waals surface area contributed by atoms with Crippen LogP contribution < -0.4 is 5.32 Å². The number of ether oxygens (including phenoxy) is 1. The van der Waals surface area contributed by atoms with Crippen molar-refractivity contribution in [2.24, 2.45) is 7.05 Å². The molecule has 2 aromatic rings. The molecule has 23 heavy (non-hydrogen) atoms. The number of carbonyl (C=O) groups excluding carboxylic acids is 2. The minimum atomic E-state index is -0.499. The molecule has 1 heterocycles. The van der Waals surface area contributed by atoms with Crippen LogP contribution in [0.2, 0.25) is 0 Å². The molecular weight excluding hydrogens is 294 g/mol. The Hall–Kier alpha value is -2.63. The summed E-state index contributed by atoms with van der Waals surface area (Å²) in [6.07, 6.45) is 0. The molecule has 0 bridgehead atoms. The fourth-order valence-electron chi connectivity index (χ4n) is 2.11. The summed E-state index contributed by atoms with van der Waals surface area (Å²) in [7, 11) is 3.02.